The van der Waals surface area contributed by atoms with E-state index in [1.165, 1.54) is 11.3 Å². The summed E-state index contributed by atoms with van der Waals surface area (Å²) in [6, 6.07) is 14.1. The molecular weight excluding hydrogens is 448 g/mol. The summed E-state index contributed by atoms with van der Waals surface area (Å²) in [7, 11) is 0. The van der Waals surface area contributed by atoms with Crippen LogP contribution in [-0.4, -0.2) is 39.3 Å². The molecule has 5 rings (SSSR count). The van der Waals surface area contributed by atoms with Gasteiger partial charge < -0.3 is 14.2 Å². The summed E-state index contributed by atoms with van der Waals surface area (Å²) in [5.74, 6) is 1.44. The number of benzene rings is 1. The minimum Gasteiger partial charge on any atom is -0.467 e. The predicted octanol–water partition coefficient (Wildman–Crippen LogP) is 5.42. The number of nitrogens with zero attached hydrogens (tertiary/aromatic N) is 6. The Hall–Kier alpha value is -3.51. The van der Waals surface area contributed by atoms with Crippen LogP contribution in [0, 0.1) is 17.2 Å². The Labute approximate surface area is 202 Å². The SMILES string of the molecule is CC(C)c1noc(N2CCC(C(C)Oc3nc4ccc(-c5ccc(C#N)cc5)nc4s3)CC2)n1. The third-order valence-corrected chi connectivity index (χ3v) is 7.11. The van der Waals surface area contributed by atoms with Crippen LogP contribution in [0.1, 0.15) is 50.9 Å². The van der Waals surface area contributed by atoms with Crippen LogP contribution in [0.25, 0.3) is 21.6 Å². The van der Waals surface area contributed by atoms with Gasteiger partial charge in [-0.2, -0.15) is 10.2 Å². The smallest absolute Gasteiger partial charge is 0.324 e. The molecule has 1 fully saturated rings. The summed E-state index contributed by atoms with van der Waals surface area (Å²) in [6.45, 7) is 7.98. The fourth-order valence-corrected chi connectivity index (χ4v) is 5.00. The molecular formula is C25H26N6O2S. The third-order valence-electron chi connectivity index (χ3n) is 6.25. The molecule has 1 unspecified atom stereocenters. The van der Waals surface area contributed by atoms with Crippen molar-refractivity contribution in [1.82, 2.24) is 20.1 Å². The van der Waals surface area contributed by atoms with Gasteiger partial charge in [0.1, 0.15) is 16.5 Å². The van der Waals surface area contributed by atoms with Crippen molar-refractivity contribution >= 4 is 27.7 Å². The van der Waals surface area contributed by atoms with Crippen LogP contribution >= 0.6 is 11.3 Å². The standard InChI is InChI=1S/C25H26N6O2S/c1-15(2)22-29-24(33-30-22)31-12-10-18(11-13-31)16(3)32-25-28-21-9-8-20(27-23(21)34-25)19-6-4-17(14-26)5-7-19/h4-9,15-16,18H,10-13H2,1-3H3. The lowest BCUT2D eigenvalue weighted by Gasteiger charge is -2.33. The zero-order valence-corrected chi connectivity index (χ0v) is 20.2. The van der Waals surface area contributed by atoms with Gasteiger partial charge in [0, 0.05) is 24.6 Å². The number of hydrogen-bond acceptors (Lipinski definition) is 9. The molecule has 0 bridgehead atoms. The summed E-state index contributed by atoms with van der Waals surface area (Å²) in [5, 5.41) is 13.7. The minimum atomic E-state index is 0.0506. The molecule has 34 heavy (non-hydrogen) atoms. The highest BCUT2D eigenvalue weighted by atomic mass is 32.1. The van der Waals surface area contributed by atoms with Gasteiger partial charge in [0.15, 0.2) is 5.82 Å². The van der Waals surface area contributed by atoms with E-state index < -0.39 is 0 Å². The second-order valence-corrected chi connectivity index (χ2v) is 9.87. The number of aromatic nitrogens is 4. The summed E-state index contributed by atoms with van der Waals surface area (Å²) >= 11 is 1.47. The molecule has 1 aromatic carbocycles. The number of thiazole rings is 1. The molecule has 1 atom stereocenters. The molecule has 1 saturated heterocycles. The van der Waals surface area contributed by atoms with Crippen LogP contribution in [0.3, 0.4) is 0 Å². The van der Waals surface area contributed by atoms with Crippen LogP contribution in [0.5, 0.6) is 5.19 Å². The first-order valence-corrected chi connectivity index (χ1v) is 12.3. The van der Waals surface area contributed by atoms with Gasteiger partial charge in [0.05, 0.1) is 17.3 Å². The predicted molar refractivity (Wildman–Crippen MR) is 131 cm³/mol. The maximum atomic E-state index is 9.00. The zero-order chi connectivity index (χ0) is 23.7. The number of piperidine rings is 1. The Bertz CT molecular complexity index is 1320. The summed E-state index contributed by atoms with van der Waals surface area (Å²) in [5.41, 5.74) is 3.29. The van der Waals surface area contributed by atoms with Gasteiger partial charge in [0.25, 0.3) is 5.19 Å². The van der Waals surface area contributed by atoms with E-state index in [-0.39, 0.29) is 12.0 Å². The summed E-state index contributed by atoms with van der Waals surface area (Å²) in [4.78, 5) is 16.9. The Kier molecular flexibility index (Phi) is 6.16. The Morgan fingerprint density at radius 1 is 1.06 bits per heavy atom. The highest BCUT2D eigenvalue weighted by Crippen LogP contribution is 2.32. The van der Waals surface area contributed by atoms with Gasteiger partial charge >= 0.3 is 6.01 Å². The van der Waals surface area contributed by atoms with Crippen molar-refractivity contribution < 1.29 is 9.26 Å². The number of fused-ring (bicyclic) bond motifs is 1. The van der Waals surface area contributed by atoms with Crippen LogP contribution in [0.2, 0.25) is 0 Å². The third kappa shape index (κ3) is 4.59. The molecule has 174 valence electrons. The van der Waals surface area contributed by atoms with Crippen LogP contribution in [-0.2, 0) is 0 Å². The largest absolute Gasteiger partial charge is 0.467 e. The second-order valence-electron chi connectivity index (χ2n) is 8.93. The van der Waals surface area contributed by atoms with Gasteiger partial charge in [0.2, 0.25) is 0 Å². The Morgan fingerprint density at radius 3 is 2.50 bits per heavy atom. The van der Waals surface area contributed by atoms with Crippen molar-refractivity contribution in [3.05, 3.63) is 47.8 Å². The Morgan fingerprint density at radius 2 is 1.82 bits per heavy atom. The van der Waals surface area contributed by atoms with E-state index in [9.17, 15) is 0 Å². The normalized spacial score (nSPS) is 15.6. The fraction of sp³-hybridized carbons (Fsp3) is 0.400. The minimum absolute atomic E-state index is 0.0506. The average molecular weight is 475 g/mol. The fourth-order valence-electron chi connectivity index (χ4n) is 4.13. The molecule has 4 aromatic rings. The molecule has 0 saturated carbocycles. The zero-order valence-electron chi connectivity index (χ0n) is 19.4. The monoisotopic (exact) mass is 474 g/mol. The van der Waals surface area contributed by atoms with E-state index in [0.29, 0.717) is 22.7 Å². The lowest BCUT2D eigenvalue weighted by atomic mass is 9.92. The van der Waals surface area contributed by atoms with Crippen LogP contribution in [0.15, 0.2) is 40.9 Å². The number of rotatable bonds is 6. The lowest BCUT2D eigenvalue weighted by molar-refractivity contribution is 0.131. The van der Waals surface area contributed by atoms with Gasteiger partial charge in [-0.15, -0.1) is 0 Å². The quantitative estimate of drug-likeness (QED) is 0.365. The molecule has 0 spiro atoms. The molecule has 9 heteroatoms. The van der Waals surface area contributed by atoms with Crippen molar-refractivity contribution in [3.63, 3.8) is 0 Å². The number of pyridine rings is 1. The molecule has 0 N–H and O–H groups in total. The average Bonchev–Trinajstić information content (AvgIpc) is 3.51. The first-order chi connectivity index (χ1) is 16.5. The van der Waals surface area contributed by atoms with Gasteiger partial charge in [-0.1, -0.05) is 42.5 Å². The van der Waals surface area contributed by atoms with E-state index in [4.69, 9.17) is 19.5 Å². The Balaban J connectivity index is 1.22. The highest BCUT2D eigenvalue weighted by molar-refractivity contribution is 7.19. The van der Waals surface area contributed by atoms with Crippen LogP contribution in [0.4, 0.5) is 6.01 Å². The lowest BCUT2D eigenvalue weighted by Crippen LogP contribution is -2.38. The van der Waals surface area contributed by atoms with Crippen molar-refractivity contribution in [3.8, 4) is 22.5 Å². The number of nitriles is 1. The first kappa shape index (κ1) is 22.3. The summed E-state index contributed by atoms with van der Waals surface area (Å²) < 4.78 is 11.7. The maximum absolute atomic E-state index is 9.00. The van der Waals surface area contributed by atoms with Gasteiger partial charge in [-0.3, -0.25) is 0 Å². The highest BCUT2D eigenvalue weighted by Gasteiger charge is 2.28. The molecule has 0 amide bonds. The topological polar surface area (TPSA) is 101 Å². The van der Waals surface area contributed by atoms with E-state index in [1.54, 1.807) is 12.1 Å². The number of ether oxygens (including phenoxy) is 1. The molecule has 0 aliphatic carbocycles. The van der Waals surface area contributed by atoms with E-state index in [0.717, 1.165) is 53.4 Å². The molecule has 1 aliphatic rings. The van der Waals surface area contributed by atoms with Gasteiger partial charge in [-0.25, -0.2) is 9.97 Å². The molecule has 3 aromatic heterocycles. The van der Waals surface area contributed by atoms with E-state index >= 15 is 0 Å². The van der Waals surface area contributed by atoms with Crippen molar-refractivity contribution in [2.75, 3.05) is 18.0 Å². The molecule has 1 aliphatic heterocycles. The molecule has 4 heterocycles. The molecule has 8 nitrogen and oxygen atoms in total. The number of hydrogen-bond donors (Lipinski definition) is 0. The van der Waals surface area contributed by atoms with Crippen molar-refractivity contribution in [1.29, 1.82) is 5.26 Å². The summed E-state index contributed by atoms with van der Waals surface area (Å²) in [6.07, 6.45) is 2.04. The van der Waals surface area contributed by atoms with Crippen molar-refractivity contribution in [2.24, 2.45) is 5.92 Å². The maximum Gasteiger partial charge on any atom is 0.324 e. The first-order valence-electron chi connectivity index (χ1n) is 11.5. The van der Waals surface area contributed by atoms with Crippen molar-refractivity contribution in [2.45, 2.75) is 45.6 Å². The second kappa shape index (κ2) is 9.39. The van der Waals surface area contributed by atoms with E-state index in [1.807, 2.05) is 24.3 Å². The van der Waals surface area contributed by atoms with Gasteiger partial charge in [-0.05, 0) is 49.9 Å². The van der Waals surface area contributed by atoms with E-state index in [2.05, 4.69) is 46.9 Å². The number of anilines is 1. The molecule has 0 radical (unpaired) electrons. The van der Waals surface area contributed by atoms with Crippen LogP contribution < -0.4 is 9.64 Å².